The van der Waals surface area contributed by atoms with Gasteiger partial charge in [-0.15, -0.1) is 6.42 Å². The summed E-state index contributed by atoms with van der Waals surface area (Å²) in [5.41, 5.74) is 0.146. The number of hydrogen-bond acceptors (Lipinski definition) is 2. The molecule has 1 N–H and O–H groups in total. The zero-order valence-corrected chi connectivity index (χ0v) is 10.9. The van der Waals surface area contributed by atoms with Crippen LogP contribution < -0.4 is 5.32 Å². The van der Waals surface area contributed by atoms with Gasteiger partial charge in [0.25, 0.3) is 0 Å². The molecule has 5 heteroatoms. The highest BCUT2D eigenvalue weighted by atomic mass is 19.1. The molecule has 1 unspecified atom stereocenters. The van der Waals surface area contributed by atoms with Crippen LogP contribution in [0.15, 0.2) is 18.2 Å². The molecule has 0 saturated carbocycles. The standard InChI is InChI=1S/C14H16F2N2O/c1-4-7-17-9-14(19)18(3)10(2)12-8-11(15)5-6-13(12)16/h1,5-6,8,10,17H,7,9H2,2-3H3. The van der Waals surface area contributed by atoms with E-state index in [4.69, 9.17) is 6.42 Å². The van der Waals surface area contributed by atoms with Crippen molar-refractivity contribution in [3.05, 3.63) is 35.4 Å². The molecule has 1 rings (SSSR count). The number of halogens is 2. The second kappa shape index (κ2) is 6.86. The summed E-state index contributed by atoms with van der Waals surface area (Å²) >= 11 is 0. The number of nitrogens with zero attached hydrogens (tertiary/aromatic N) is 1. The average Bonchev–Trinajstić information content (AvgIpc) is 2.40. The average molecular weight is 266 g/mol. The van der Waals surface area contributed by atoms with Crippen molar-refractivity contribution in [2.24, 2.45) is 0 Å². The van der Waals surface area contributed by atoms with Gasteiger partial charge in [0.15, 0.2) is 0 Å². The number of amides is 1. The number of carbonyl (C=O) groups excluding carboxylic acids is 1. The Morgan fingerprint density at radius 1 is 1.53 bits per heavy atom. The summed E-state index contributed by atoms with van der Waals surface area (Å²) in [4.78, 5) is 13.2. The molecule has 1 aromatic rings. The van der Waals surface area contributed by atoms with E-state index in [-0.39, 0.29) is 24.6 Å². The number of rotatable bonds is 5. The maximum atomic E-state index is 13.6. The first-order chi connectivity index (χ1) is 8.97. The fourth-order valence-electron chi connectivity index (χ4n) is 1.63. The Balaban J connectivity index is 2.76. The van der Waals surface area contributed by atoms with Gasteiger partial charge in [0.2, 0.25) is 5.91 Å². The van der Waals surface area contributed by atoms with E-state index in [0.717, 1.165) is 18.2 Å². The number of likely N-dealkylation sites (N-methyl/N-ethyl adjacent to an activating group) is 1. The summed E-state index contributed by atoms with van der Waals surface area (Å²) in [6.07, 6.45) is 5.05. The van der Waals surface area contributed by atoms with Crippen molar-refractivity contribution in [3.63, 3.8) is 0 Å². The van der Waals surface area contributed by atoms with Gasteiger partial charge >= 0.3 is 0 Å². The van der Waals surface area contributed by atoms with Gasteiger partial charge in [-0.25, -0.2) is 8.78 Å². The molecule has 1 atom stereocenters. The van der Waals surface area contributed by atoms with E-state index in [9.17, 15) is 13.6 Å². The van der Waals surface area contributed by atoms with Crippen LogP contribution in [0.5, 0.6) is 0 Å². The first-order valence-electron chi connectivity index (χ1n) is 5.82. The van der Waals surface area contributed by atoms with Crippen LogP contribution in [-0.2, 0) is 4.79 Å². The summed E-state index contributed by atoms with van der Waals surface area (Å²) in [5.74, 6) is 1.03. The third-order valence-corrected chi connectivity index (χ3v) is 2.89. The van der Waals surface area contributed by atoms with Crippen LogP contribution in [0, 0.1) is 24.0 Å². The van der Waals surface area contributed by atoms with Gasteiger partial charge in [-0.1, -0.05) is 5.92 Å². The van der Waals surface area contributed by atoms with Crippen molar-refractivity contribution in [1.29, 1.82) is 0 Å². The summed E-state index contributed by atoms with van der Waals surface area (Å²) in [7, 11) is 1.54. The Hall–Kier alpha value is -1.93. The number of nitrogens with one attached hydrogen (secondary N) is 1. The molecule has 1 aromatic carbocycles. The Morgan fingerprint density at radius 3 is 2.84 bits per heavy atom. The second-order valence-corrected chi connectivity index (χ2v) is 4.15. The molecule has 0 bridgehead atoms. The van der Waals surface area contributed by atoms with Gasteiger partial charge in [0, 0.05) is 12.6 Å². The van der Waals surface area contributed by atoms with Crippen molar-refractivity contribution >= 4 is 5.91 Å². The fourth-order valence-corrected chi connectivity index (χ4v) is 1.63. The molecular formula is C14H16F2N2O. The van der Waals surface area contributed by atoms with Crippen LogP contribution >= 0.6 is 0 Å². The first-order valence-corrected chi connectivity index (χ1v) is 5.82. The van der Waals surface area contributed by atoms with Crippen LogP contribution in [0.4, 0.5) is 8.78 Å². The van der Waals surface area contributed by atoms with Crippen molar-refractivity contribution in [1.82, 2.24) is 10.2 Å². The van der Waals surface area contributed by atoms with Gasteiger partial charge in [0.05, 0.1) is 19.1 Å². The minimum absolute atomic E-state index is 0.0575. The van der Waals surface area contributed by atoms with Crippen LogP contribution in [0.3, 0.4) is 0 Å². The van der Waals surface area contributed by atoms with Gasteiger partial charge < -0.3 is 4.90 Å². The van der Waals surface area contributed by atoms with Crippen LogP contribution in [0.25, 0.3) is 0 Å². The zero-order chi connectivity index (χ0) is 14.4. The lowest BCUT2D eigenvalue weighted by molar-refractivity contribution is -0.130. The quantitative estimate of drug-likeness (QED) is 0.650. The molecule has 0 aliphatic rings. The van der Waals surface area contributed by atoms with Crippen LogP contribution in [0.1, 0.15) is 18.5 Å². The molecule has 0 aromatic heterocycles. The van der Waals surface area contributed by atoms with E-state index < -0.39 is 17.7 Å². The third-order valence-electron chi connectivity index (χ3n) is 2.89. The summed E-state index contributed by atoms with van der Waals surface area (Å²) in [6, 6.07) is 2.63. The van der Waals surface area contributed by atoms with Crippen molar-refractivity contribution in [3.8, 4) is 12.3 Å². The van der Waals surface area contributed by atoms with Crippen LogP contribution in [0.2, 0.25) is 0 Å². The van der Waals surface area contributed by atoms with E-state index in [0.29, 0.717) is 0 Å². The first kappa shape index (κ1) is 15.1. The van der Waals surface area contributed by atoms with Crippen molar-refractivity contribution in [2.75, 3.05) is 20.1 Å². The molecule has 19 heavy (non-hydrogen) atoms. The third kappa shape index (κ3) is 4.04. The maximum absolute atomic E-state index is 13.6. The molecule has 1 amide bonds. The molecule has 102 valence electrons. The van der Waals surface area contributed by atoms with Crippen molar-refractivity contribution in [2.45, 2.75) is 13.0 Å². The zero-order valence-electron chi connectivity index (χ0n) is 10.9. The SMILES string of the molecule is C#CCNCC(=O)N(C)C(C)c1cc(F)ccc1F. The summed E-state index contributed by atoms with van der Waals surface area (Å²) in [6.45, 7) is 1.97. The number of carbonyl (C=O) groups is 1. The topological polar surface area (TPSA) is 32.3 Å². The molecule has 0 fully saturated rings. The smallest absolute Gasteiger partial charge is 0.236 e. The lowest BCUT2D eigenvalue weighted by Crippen LogP contribution is -2.37. The van der Waals surface area contributed by atoms with Gasteiger partial charge in [0.1, 0.15) is 11.6 Å². The minimum atomic E-state index is -0.559. The molecule has 0 aliphatic carbocycles. The summed E-state index contributed by atoms with van der Waals surface area (Å²) in [5, 5.41) is 2.75. The number of benzene rings is 1. The Kier molecular flexibility index (Phi) is 5.46. The van der Waals surface area contributed by atoms with E-state index in [1.54, 1.807) is 6.92 Å². The van der Waals surface area contributed by atoms with Crippen molar-refractivity contribution < 1.29 is 13.6 Å². The lowest BCUT2D eigenvalue weighted by atomic mass is 10.1. The highest BCUT2D eigenvalue weighted by molar-refractivity contribution is 5.78. The molecule has 0 saturated heterocycles. The molecular weight excluding hydrogens is 250 g/mol. The Morgan fingerprint density at radius 2 is 2.21 bits per heavy atom. The second-order valence-electron chi connectivity index (χ2n) is 4.15. The number of terminal acetylenes is 1. The highest BCUT2D eigenvalue weighted by Gasteiger charge is 2.20. The highest BCUT2D eigenvalue weighted by Crippen LogP contribution is 2.22. The molecule has 0 aliphatic heterocycles. The molecule has 0 heterocycles. The lowest BCUT2D eigenvalue weighted by Gasteiger charge is -2.25. The predicted octanol–water partition coefficient (Wildman–Crippen LogP) is 1.71. The van der Waals surface area contributed by atoms with Gasteiger partial charge in [-0.05, 0) is 25.1 Å². The van der Waals surface area contributed by atoms with E-state index in [1.165, 1.54) is 11.9 Å². The number of hydrogen-bond donors (Lipinski definition) is 1. The fraction of sp³-hybridized carbons (Fsp3) is 0.357. The summed E-state index contributed by atoms with van der Waals surface area (Å²) < 4.78 is 26.7. The normalized spacial score (nSPS) is 11.7. The Labute approximate surface area is 111 Å². The van der Waals surface area contributed by atoms with Gasteiger partial charge in [-0.3, -0.25) is 10.1 Å². The van der Waals surface area contributed by atoms with E-state index in [1.807, 2.05) is 0 Å². The monoisotopic (exact) mass is 266 g/mol. The van der Waals surface area contributed by atoms with Gasteiger partial charge in [-0.2, -0.15) is 0 Å². The largest absolute Gasteiger partial charge is 0.338 e. The molecule has 3 nitrogen and oxygen atoms in total. The Bertz CT molecular complexity index is 497. The van der Waals surface area contributed by atoms with Crippen LogP contribution in [-0.4, -0.2) is 30.9 Å². The maximum Gasteiger partial charge on any atom is 0.236 e. The molecule has 0 spiro atoms. The minimum Gasteiger partial charge on any atom is -0.338 e. The predicted molar refractivity (Wildman–Crippen MR) is 69.2 cm³/mol. The molecule has 0 radical (unpaired) electrons. The van der Waals surface area contributed by atoms with E-state index in [2.05, 4.69) is 11.2 Å². The van der Waals surface area contributed by atoms with E-state index >= 15 is 0 Å².